The Balaban J connectivity index is 1.58. The predicted octanol–water partition coefficient (Wildman–Crippen LogP) is 2.53. The molecule has 1 aliphatic heterocycles. The summed E-state index contributed by atoms with van der Waals surface area (Å²) >= 11 is 0. The summed E-state index contributed by atoms with van der Waals surface area (Å²) in [7, 11) is 0. The van der Waals surface area contributed by atoms with Gasteiger partial charge in [-0.3, -0.25) is 13.9 Å². The number of imidazole rings is 1. The Morgan fingerprint density at radius 1 is 1.04 bits per heavy atom. The molecule has 0 radical (unpaired) electrons. The number of aromatic nitrogens is 4. The largest absolute Gasteiger partial charge is 0.373 e. The zero-order valence-corrected chi connectivity index (χ0v) is 15.9. The second-order valence-electron chi connectivity index (χ2n) is 7.05. The molecule has 2 aromatic rings. The van der Waals surface area contributed by atoms with Crippen molar-refractivity contribution in [1.29, 1.82) is 0 Å². The summed E-state index contributed by atoms with van der Waals surface area (Å²) in [6.45, 7) is 6.35. The van der Waals surface area contributed by atoms with E-state index in [1.54, 1.807) is 10.9 Å². The van der Waals surface area contributed by atoms with Crippen LogP contribution in [0.3, 0.4) is 0 Å². The quantitative estimate of drug-likeness (QED) is 0.455. The molecule has 1 saturated heterocycles. The van der Waals surface area contributed by atoms with Crippen LogP contribution >= 0.6 is 0 Å². The summed E-state index contributed by atoms with van der Waals surface area (Å²) in [5.74, 6) is 0. The van der Waals surface area contributed by atoms with E-state index in [0.717, 1.165) is 26.0 Å². The van der Waals surface area contributed by atoms with Crippen LogP contribution < -0.4 is 11.2 Å². The van der Waals surface area contributed by atoms with Crippen molar-refractivity contribution in [2.45, 2.75) is 84.5 Å². The first-order valence-corrected chi connectivity index (χ1v) is 9.97. The Bertz CT molecular complexity index is 845. The van der Waals surface area contributed by atoms with Crippen LogP contribution in [0, 0.1) is 0 Å². The Kier molecular flexibility index (Phi) is 6.29. The first-order valence-electron chi connectivity index (χ1n) is 9.97. The third-order valence-corrected chi connectivity index (χ3v) is 5.19. The van der Waals surface area contributed by atoms with Crippen molar-refractivity contribution >= 4 is 11.2 Å². The summed E-state index contributed by atoms with van der Waals surface area (Å²) in [5, 5.41) is 0. The summed E-state index contributed by atoms with van der Waals surface area (Å²) in [5.41, 5.74) is 0.568. The molecule has 144 valence electrons. The number of hydrogen-bond donors (Lipinski definition) is 0. The third-order valence-electron chi connectivity index (χ3n) is 5.19. The summed E-state index contributed by atoms with van der Waals surface area (Å²) in [4.78, 5) is 29.4. The number of aryl methyl sites for hydroxylation is 2. The number of unbranched alkanes of at least 4 members (excludes halogenated alkanes) is 5. The van der Waals surface area contributed by atoms with E-state index < -0.39 is 0 Å². The molecule has 0 amide bonds. The van der Waals surface area contributed by atoms with Crippen molar-refractivity contribution < 1.29 is 4.74 Å². The molecule has 0 bridgehead atoms. The van der Waals surface area contributed by atoms with Gasteiger partial charge in [0.15, 0.2) is 11.2 Å². The molecular weight excluding hydrogens is 332 g/mol. The number of epoxide rings is 1. The zero-order chi connectivity index (χ0) is 18.5. The van der Waals surface area contributed by atoms with E-state index in [-0.39, 0.29) is 11.2 Å². The second kappa shape index (κ2) is 8.66. The van der Waals surface area contributed by atoms with Gasteiger partial charge < -0.3 is 9.30 Å². The van der Waals surface area contributed by atoms with Gasteiger partial charge in [-0.2, -0.15) is 0 Å². The normalized spacial score (nSPS) is 16.5. The lowest BCUT2D eigenvalue weighted by Gasteiger charge is -2.09. The van der Waals surface area contributed by atoms with Crippen LogP contribution in [0.15, 0.2) is 15.9 Å². The van der Waals surface area contributed by atoms with E-state index in [1.165, 1.54) is 36.7 Å². The van der Waals surface area contributed by atoms with Crippen molar-refractivity contribution in [1.82, 2.24) is 18.7 Å². The molecule has 0 saturated carbocycles. The Morgan fingerprint density at radius 3 is 2.35 bits per heavy atom. The molecule has 3 heterocycles. The molecule has 1 aliphatic rings. The minimum absolute atomic E-state index is 0.225. The smallest absolute Gasteiger partial charge is 0.332 e. The molecule has 1 fully saturated rings. The van der Waals surface area contributed by atoms with E-state index in [0.29, 0.717) is 30.4 Å². The zero-order valence-electron chi connectivity index (χ0n) is 15.9. The van der Waals surface area contributed by atoms with E-state index in [4.69, 9.17) is 4.74 Å². The van der Waals surface area contributed by atoms with Gasteiger partial charge in [0.2, 0.25) is 0 Å². The fourth-order valence-electron chi connectivity index (χ4n) is 3.57. The van der Waals surface area contributed by atoms with Gasteiger partial charge in [-0.25, -0.2) is 9.78 Å². The van der Waals surface area contributed by atoms with Crippen molar-refractivity contribution in [3.05, 3.63) is 27.2 Å². The van der Waals surface area contributed by atoms with Gasteiger partial charge in [-0.15, -0.1) is 0 Å². The first-order chi connectivity index (χ1) is 12.7. The van der Waals surface area contributed by atoms with Gasteiger partial charge in [0.1, 0.15) is 0 Å². The predicted molar refractivity (Wildman–Crippen MR) is 102 cm³/mol. The molecule has 1 unspecified atom stereocenters. The van der Waals surface area contributed by atoms with Crippen LogP contribution in [-0.4, -0.2) is 31.4 Å². The van der Waals surface area contributed by atoms with Crippen LogP contribution in [0.2, 0.25) is 0 Å². The average Bonchev–Trinajstić information content (AvgIpc) is 3.36. The molecule has 0 N–H and O–H groups in total. The molecule has 0 aromatic carbocycles. The fraction of sp³-hybridized carbons (Fsp3) is 0.737. The molecule has 26 heavy (non-hydrogen) atoms. The van der Waals surface area contributed by atoms with Crippen LogP contribution in [0.25, 0.3) is 11.2 Å². The van der Waals surface area contributed by atoms with Gasteiger partial charge in [0.05, 0.1) is 19.0 Å². The highest BCUT2D eigenvalue weighted by Crippen LogP contribution is 2.18. The van der Waals surface area contributed by atoms with Gasteiger partial charge >= 0.3 is 5.69 Å². The molecule has 0 spiro atoms. The van der Waals surface area contributed by atoms with E-state index in [2.05, 4.69) is 4.98 Å². The highest BCUT2D eigenvalue weighted by atomic mass is 16.6. The molecule has 7 nitrogen and oxygen atoms in total. The Hall–Kier alpha value is -1.89. The number of rotatable bonds is 11. The standard InChI is InChI=1S/C19H30N4O3/c1-3-22-17-16(18(24)23(4-2)19(22)25)21(14-20-17)12-10-8-6-5-7-9-11-15-13-26-15/h14-15H,3-13H2,1-2H3. The maximum atomic E-state index is 12.7. The molecule has 1 atom stereocenters. The Morgan fingerprint density at radius 2 is 1.69 bits per heavy atom. The monoisotopic (exact) mass is 362 g/mol. The van der Waals surface area contributed by atoms with Crippen molar-refractivity contribution in [3.8, 4) is 0 Å². The third kappa shape index (κ3) is 4.09. The summed E-state index contributed by atoms with van der Waals surface area (Å²) in [6, 6.07) is 0. The molecular formula is C19H30N4O3. The van der Waals surface area contributed by atoms with Gasteiger partial charge in [-0.1, -0.05) is 32.1 Å². The van der Waals surface area contributed by atoms with Crippen molar-refractivity contribution in [2.24, 2.45) is 0 Å². The number of hydrogen-bond acceptors (Lipinski definition) is 4. The van der Waals surface area contributed by atoms with Gasteiger partial charge in [0.25, 0.3) is 5.56 Å². The second-order valence-corrected chi connectivity index (χ2v) is 7.05. The van der Waals surface area contributed by atoms with Crippen LogP contribution in [-0.2, 0) is 24.4 Å². The minimum Gasteiger partial charge on any atom is -0.373 e. The van der Waals surface area contributed by atoms with E-state index >= 15 is 0 Å². The molecule has 0 aliphatic carbocycles. The highest BCUT2D eigenvalue weighted by Gasteiger charge is 2.20. The van der Waals surface area contributed by atoms with Crippen molar-refractivity contribution in [3.63, 3.8) is 0 Å². The lowest BCUT2D eigenvalue weighted by Crippen LogP contribution is -2.40. The van der Waals surface area contributed by atoms with Crippen LogP contribution in [0.1, 0.15) is 58.8 Å². The minimum atomic E-state index is -0.269. The molecule has 7 heteroatoms. The Labute approximate surface area is 153 Å². The van der Waals surface area contributed by atoms with Gasteiger partial charge in [-0.05, 0) is 26.7 Å². The average molecular weight is 362 g/mol. The maximum absolute atomic E-state index is 12.7. The van der Waals surface area contributed by atoms with Crippen LogP contribution in [0.5, 0.6) is 0 Å². The van der Waals surface area contributed by atoms with Crippen LogP contribution in [0.4, 0.5) is 0 Å². The lowest BCUT2D eigenvalue weighted by atomic mass is 10.1. The number of fused-ring (bicyclic) bond motifs is 1. The number of nitrogens with zero attached hydrogens (tertiary/aromatic N) is 4. The van der Waals surface area contributed by atoms with Gasteiger partial charge in [0, 0.05) is 19.6 Å². The first kappa shape index (κ1) is 18.9. The molecule has 3 rings (SSSR count). The number of ether oxygens (including phenoxy) is 1. The highest BCUT2D eigenvalue weighted by molar-refractivity contribution is 5.70. The fourth-order valence-corrected chi connectivity index (χ4v) is 3.57. The van der Waals surface area contributed by atoms with E-state index in [1.807, 2.05) is 18.4 Å². The topological polar surface area (TPSA) is 74.3 Å². The summed E-state index contributed by atoms with van der Waals surface area (Å²) in [6.07, 6.45) is 10.7. The SMILES string of the molecule is CCn1c(=O)c2c(ncn2CCCCCCCCC2CO2)n(CC)c1=O. The maximum Gasteiger partial charge on any atom is 0.332 e. The molecule has 2 aromatic heterocycles. The lowest BCUT2D eigenvalue weighted by molar-refractivity contribution is 0.387. The van der Waals surface area contributed by atoms with Crippen molar-refractivity contribution in [2.75, 3.05) is 6.61 Å². The summed E-state index contributed by atoms with van der Waals surface area (Å²) < 4.78 is 10.0. The van der Waals surface area contributed by atoms with E-state index in [9.17, 15) is 9.59 Å².